The predicted molar refractivity (Wildman–Crippen MR) is 102 cm³/mol. The highest BCUT2D eigenvalue weighted by molar-refractivity contribution is 9.10. The van der Waals surface area contributed by atoms with Gasteiger partial charge in [0, 0.05) is 24.7 Å². The molecule has 0 aromatic heterocycles. The summed E-state index contributed by atoms with van der Waals surface area (Å²) < 4.78 is 11.8. The Bertz CT molecular complexity index is 590. The van der Waals surface area contributed by atoms with Crippen molar-refractivity contribution in [3.05, 3.63) is 22.2 Å². The van der Waals surface area contributed by atoms with Crippen LogP contribution in [0.1, 0.15) is 32.3 Å². The smallest absolute Gasteiger partial charge is 0.231 e. The van der Waals surface area contributed by atoms with Gasteiger partial charge in [-0.05, 0) is 48.7 Å². The van der Waals surface area contributed by atoms with Crippen molar-refractivity contribution in [1.29, 1.82) is 0 Å². The number of amides is 1. The van der Waals surface area contributed by atoms with Crippen LogP contribution >= 0.6 is 15.9 Å². The van der Waals surface area contributed by atoms with Gasteiger partial charge in [-0.1, -0.05) is 0 Å². The highest BCUT2D eigenvalue weighted by Crippen LogP contribution is 2.32. The molecule has 6 heteroatoms. The average Bonchev–Trinajstić information content (AvgIpc) is 2.63. The summed E-state index contributed by atoms with van der Waals surface area (Å²) in [6.45, 7) is 8.52. The molecule has 0 radical (unpaired) electrons. The number of nitrogens with one attached hydrogen (secondary N) is 1. The van der Waals surface area contributed by atoms with Crippen LogP contribution in [-0.2, 0) is 11.3 Å². The van der Waals surface area contributed by atoms with E-state index in [9.17, 15) is 4.79 Å². The summed E-state index contributed by atoms with van der Waals surface area (Å²) in [6, 6.07) is 3.99. The molecule has 1 N–H and O–H groups in total. The van der Waals surface area contributed by atoms with Gasteiger partial charge in [-0.2, -0.15) is 0 Å². The molecule has 5 nitrogen and oxygen atoms in total. The van der Waals surface area contributed by atoms with Gasteiger partial charge in [0.1, 0.15) is 18.0 Å². The molecular formula is C19H30BrN2O3+. The lowest BCUT2D eigenvalue weighted by Crippen LogP contribution is -3.12. The number of carbonyl (C=O) groups excluding carboxylic acids is 1. The summed E-state index contributed by atoms with van der Waals surface area (Å²) >= 11 is 3.56. The molecule has 1 saturated heterocycles. The van der Waals surface area contributed by atoms with E-state index in [-0.39, 0.29) is 5.92 Å². The van der Waals surface area contributed by atoms with E-state index >= 15 is 0 Å². The maximum absolute atomic E-state index is 12.7. The highest BCUT2D eigenvalue weighted by atomic mass is 79.9. The summed E-state index contributed by atoms with van der Waals surface area (Å²) in [5, 5.41) is 0. The third-order valence-electron chi connectivity index (χ3n) is 5.04. The van der Waals surface area contributed by atoms with E-state index in [0.717, 1.165) is 67.1 Å². The Morgan fingerprint density at radius 3 is 2.52 bits per heavy atom. The molecule has 1 aliphatic rings. The quantitative estimate of drug-likeness (QED) is 0.744. The number of hydrogen-bond donors (Lipinski definition) is 1. The van der Waals surface area contributed by atoms with E-state index in [1.54, 1.807) is 14.2 Å². The number of hydrogen-bond acceptors (Lipinski definition) is 3. The third-order valence-corrected chi connectivity index (χ3v) is 5.66. The number of piperidine rings is 1. The van der Waals surface area contributed by atoms with Crippen molar-refractivity contribution in [1.82, 2.24) is 4.90 Å². The first-order valence-electron chi connectivity index (χ1n) is 9.06. The second kappa shape index (κ2) is 9.43. The number of rotatable bonds is 7. The Morgan fingerprint density at radius 1 is 1.24 bits per heavy atom. The van der Waals surface area contributed by atoms with Crippen molar-refractivity contribution in [3.8, 4) is 11.5 Å². The first-order valence-corrected chi connectivity index (χ1v) is 9.86. The summed E-state index contributed by atoms with van der Waals surface area (Å²) in [5.41, 5.74) is 1.14. The van der Waals surface area contributed by atoms with Crippen molar-refractivity contribution in [2.45, 2.75) is 33.2 Å². The molecule has 1 aromatic rings. The molecule has 2 rings (SSSR count). The predicted octanol–water partition coefficient (Wildman–Crippen LogP) is 2.13. The number of halogens is 1. The summed E-state index contributed by atoms with van der Waals surface area (Å²) in [4.78, 5) is 16.1. The lowest BCUT2D eigenvalue weighted by Gasteiger charge is -2.32. The first-order chi connectivity index (χ1) is 12.0. The Balaban J connectivity index is 2.10. The number of nitrogens with zero attached hydrogens (tertiary/aromatic N) is 1. The van der Waals surface area contributed by atoms with Gasteiger partial charge in [-0.3, -0.25) is 4.79 Å². The van der Waals surface area contributed by atoms with Crippen LogP contribution in [-0.4, -0.2) is 51.2 Å². The summed E-state index contributed by atoms with van der Waals surface area (Å²) in [5.74, 6) is 2.05. The zero-order valence-electron chi connectivity index (χ0n) is 15.7. The number of quaternary nitrogens is 1. The molecule has 1 heterocycles. The second-order valence-corrected chi connectivity index (χ2v) is 7.38. The minimum atomic E-state index is 0.135. The molecule has 0 saturated carbocycles. The molecule has 2 atom stereocenters. The van der Waals surface area contributed by atoms with E-state index in [1.807, 2.05) is 11.0 Å². The van der Waals surface area contributed by atoms with E-state index < -0.39 is 0 Å². The topological polar surface area (TPSA) is 43.2 Å². The third kappa shape index (κ3) is 4.88. The lowest BCUT2D eigenvalue weighted by molar-refractivity contribution is -0.921. The van der Waals surface area contributed by atoms with Crippen LogP contribution in [0.2, 0.25) is 0 Å². The zero-order chi connectivity index (χ0) is 18.4. The molecule has 1 aliphatic heterocycles. The van der Waals surface area contributed by atoms with Crippen molar-refractivity contribution in [3.63, 3.8) is 0 Å². The van der Waals surface area contributed by atoms with Crippen molar-refractivity contribution in [2.75, 3.05) is 40.4 Å². The fourth-order valence-electron chi connectivity index (χ4n) is 3.65. The van der Waals surface area contributed by atoms with Crippen LogP contribution in [0.15, 0.2) is 16.6 Å². The van der Waals surface area contributed by atoms with Crippen LogP contribution in [0.3, 0.4) is 0 Å². The Hall–Kier alpha value is -1.27. The lowest BCUT2D eigenvalue weighted by atomic mass is 9.96. The van der Waals surface area contributed by atoms with Crippen LogP contribution in [0.5, 0.6) is 11.5 Å². The van der Waals surface area contributed by atoms with Gasteiger partial charge in [-0.15, -0.1) is 0 Å². The number of carbonyl (C=O) groups is 1. The summed E-state index contributed by atoms with van der Waals surface area (Å²) in [7, 11) is 3.34. The molecule has 1 fully saturated rings. The minimum absolute atomic E-state index is 0.135. The number of benzene rings is 1. The fourth-order valence-corrected chi connectivity index (χ4v) is 4.20. The van der Waals surface area contributed by atoms with Gasteiger partial charge in [0.05, 0.1) is 37.7 Å². The van der Waals surface area contributed by atoms with Crippen LogP contribution in [0.25, 0.3) is 0 Å². The van der Waals surface area contributed by atoms with Crippen molar-refractivity contribution >= 4 is 21.8 Å². The maximum atomic E-state index is 12.7. The van der Waals surface area contributed by atoms with Gasteiger partial charge in [0.15, 0.2) is 0 Å². The largest absolute Gasteiger partial charge is 0.496 e. The average molecular weight is 414 g/mol. The molecular weight excluding hydrogens is 384 g/mol. The van der Waals surface area contributed by atoms with Crippen LogP contribution < -0.4 is 14.4 Å². The molecule has 140 valence electrons. The van der Waals surface area contributed by atoms with Crippen LogP contribution in [0.4, 0.5) is 0 Å². The van der Waals surface area contributed by atoms with Crippen molar-refractivity contribution in [2.24, 2.45) is 5.92 Å². The van der Waals surface area contributed by atoms with Gasteiger partial charge in [-0.25, -0.2) is 0 Å². The normalized spacial score (nSPS) is 20.2. The minimum Gasteiger partial charge on any atom is -0.496 e. The van der Waals surface area contributed by atoms with Gasteiger partial charge >= 0.3 is 0 Å². The second-order valence-electron chi connectivity index (χ2n) is 6.53. The molecule has 1 amide bonds. The Kier molecular flexibility index (Phi) is 7.56. The molecule has 1 aromatic carbocycles. The standard InChI is InChI=1S/C19H29BrN2O3/c1-5-22(6-2)19(23)14-8-7-9-21(12-14)13-15-10-16(20)18(25-4)11-17(15)24-3/h10-11,14H,5-9,12-13H2,1-4H3/p+1/t14-/m1/s1. The first kappa shape index (κ1) is 20.0. The van der Waals surface area contributed by atoms with Gasteiger partial charge in [0.2, 0.25) is 5.91 Å². The van der Waals surface area contributed by atoms with E-state index in [2.05, 4.69) is 35.8 Å². The summed E-state index contributed by atoms with van der Waals surface area (Å²) in [6.07, 6.45) is 2.09. The number of methoxy groups -OCH3 is 2. The van der Waals surface area contributed by atoms with E-state index in [0.29, 0.717) is 5.91 Å². The molecule has 0 aliphatic carbocycles. The van der Waals surface area contributed by atoms with Gasteiger partial charge < -0.3 is 19.3 Å². The Labute approximate surface area is 159 Å². The molecule has 0 spiro atoms. The number of ether oxygens (including phenoxy) is 2. The molecule has 25 heavy (non-hydrogen) atoms. The monoisotopic (exact) mass is 413 g/mol. The molecule has 1 unspecified atom stereocenters. The highest BCUT2D eigenvalue weighted by Gasteiger charge is 2.31. The zero-order valence-corrected chi connectivity index (χ0v) is 17.3. The van der Waals surface area contributed by atoms with Crippen molar-refractivity contribution < 1.29 is 19.2 Å². The molecule has 0 bridgehead atoms. The van der Waals surface area contributed by atoms with E-state index in [1.165, 1.54) is 4.90 Å². The fraction of sp³-hybridized carbons (Fsp3) is 0.632. The van der Waals surface area contributed by atoms with Crippen LogP contribution in [0, 0.1) is 5.92 Å². The van der Waals surface area contributed by atoms with E-state index in [4.69, 9.17) is 9.47 Å². The van der Waals surface area contributed by atoms with Gasteiger partial charge in [0.25, 0.3) is 0 Å². The SMILES string of the molecule is CCN(CC)C(=O)[C@@H]1CCC[NH+](Cc2cc(Br)c(OC)cc2OC)C1. The maximum Gasteiger partial charge on any atom is 0.231 e. The Morgan fingerprint density at radius 2 is 1.92 bits per heavy atom. The number of likely N-dealkylation sites (tertiary alicyclic amines) is 1.